The molecule has 0 bridgehead atoms. The van der Waals surface area contributed by atoms with E-state index in [0.29, 0.717) is 9.26 Å². The molecule has 0 heterocycles. The summed E-state index contributed by atoms with van der Waals surface area (Å²) in [6.07, 6.45) is 0. The highest BCUT2D eigenvalue weighted by atomic mass is 127. The van der Waals surface area contributed by atoms with Crippen molar-refractivity contribution in [3.05, 3.63) is 26.5 Å². The molecule has 1 nitrogen and oxygen atoms in total. The Morgan fingerprint density at radius 2 is 2.00 bits per heavy atom. The molecule has 0 atom stereocenters. The first-order valence-corrected chi connectivity index (χ1v) is 3.97. The SMILES string of the molecule is Cl.Nc1ccc(Cl)c(F)c1I. The minimum atomic E-state index is -0.442. The highest BCUT2D eigenvalue weighted by Gasteiger charge is 2.05. The van der Waals surface area contributed by atoms with E-state index in [9.17, 15) is 4.39 Å². The van der Waals surface area contributed by atoms with Gasteiger partial charge in [-0.15, -0.1) is 12.4 Å². The standard InChI is InChI=1S/C6H4ClFIN.ClH/c7-3-1-2-4(10)6(9)5(3)8;/h1-2H,10H2;1H. The van der Waals surface area contributed by atoms with E-state index in [1.165, 1.54) is 6.07 Å². The molecule has 0 saturated heterocycles. The Bertz CT molecular complexity index is 240. The number of hydrogen-bond acceptors (Lipinski definition) is 1. The molecule has 2 N–H and O–H groups in total. The van der Waals surface area contributed by atoms with Crippen LogP contribution >= 0.6 is 46.6 Å². The van der Waals surface area contributed by atoms with Crippen LogP contribution < -0.4 is 5.73 Å². The first-order valence-electron chi connectivity index (χ1n) is 2.52. The topological polar surface area (TPSA) is 26.0 Å². The number of anilines is 1. The average molecular weight is 308 g/mol. The summed E-state index contributed by atoms with van der Waals surface area (Å²) in [6.45, 7) is 0. The molecule has 11 heavy (non-hydrogen) atoms. The Balaban J connectivity index is 0.000001000. The van der Waals surface area contributed by atoms with E-state index in [-0.39, 0.29) is 17.4 Å². The summed E-state index contributed by atoms with van der Waals surface area (Å²) < 4.78 is 13.2. The van der Waals surface area contributed by atoms with Crippen molar-refractivity contribution in [2.45, 2.75) is 0 Å². The molecule has 0 unspecified atom stereocenters. The molecule has 0 aliphatic carbocycles. The maximum atomic E-state index is 12.8. The Morgan fingerprint density at radius 1 is 1.45 bits per heavy atom. The molecule has 0 aliphatic rings. The van der Waals surface area contributed by atoms with Crippen molar-refractivity contribution in [2.75, 3.05) is 5.73 Å². The molecule has 0 fully saturated rings. The predicted octanol–water partition coefficient (Wildman–Crippen LogP) is 3.09. The van der Waals surface area contributed by atoms with Crippen LogP contribution in [0.1, 0.15) is 0 Å². The molecule has 0 saturated carbocycles. The second kappa shape index (κ2) is 4.33. The highest BCUT2D eigenvalue weighted by Crippen LogP contribution is 2.24. The zero-order valence-corrected chi connectivity index (χ0v) is 9.00. The molecule has 0 aliphatic heterocycles. The molecule has 5 heteroatoms. The summed E-state index contributed by atoms with van der Waals surface area (Å²) in [5.74, 6) is -0.442. The number of benzene rings is 1. The lowest BCUT2D eigenvalue weighted by molar-refractivity contribution is 0.621. The Labute approximate surface area is 88.7 Å². The summed E-state index contributed by atoms with van der Waals surface area (Å²) in [5.41, 5.74) is 5.80. The van der Waals surface area contributed by atoms with Gasteiger partial charge in [0.1, 0.15) is 0 Å². The van der Waals surface area contributed by atoms with Crippen molar-refractivity contribution < 1.29 is 4.39 Å². The fourth-order valence-corrected chi connectivity index (χ4v) is 1.33. The van der Waals surface area contributed by atoms with E-state index >= 15 is 0 Å². The third kappa shape index (κ3) is 2.35. The Morgan fingerprint density at radius 3 is 2.45 bits per heavy atom. The zero-order chi connectivity index (χ0) is 7.72. The van der Waals surface area contributed by atoms with Crippen LogP contribution in [0.3, 0.4) is 0 Å². The lowest BCUT2D eigenvalue weighted by Crippen LogP contribution is -1.92. The van der Waals surface area contributed by atoms with Crippen molar-refractivity contribution in [3.63, 3.8) is 0 Å². The van der Waals surface area contributed by atoms with Gasteiger partial charge in [-0.25, -0.2) is 4.39 Å². The first-order chi connectivity index (χ1) is 4.63. The van der Waals surface area contributed by atoms with Gasteiger partial charge in [-0.2, -0.15) is 0 Å². The molecule has 62 valence electrons. The van der Waals surface area contributed by atoms with Crippen LogP contribution in [0.4, 0.5) is 10.1 Å². The van der Waals surface area contributed by atoms with Gasteiger partial charge in [-0.1, -0.05) is 11.6 Å². The molecule has 0 aromatic heterocycles. The minimum Gasteiger partial charge on any atom is -0.398 e. The summed E-state index contributed by atoms with van der Waals surface area (Å²) in [5, 5.41) is 0.110. The molecular weight excluding hydrogens is 303 g/mol. The lowest BCUT2D eigenvalue weighted by atomic mass is 10.3. The van der Waals surface area contributed by atoms with Crippen molar-refractivity contribution in [1.29, 1.82) is 0 Å². The maximum Gasteiger partial charge on any atom is 0.157 e. The number of rotatable bonds is 0. The van der Waals surface area contributed by atoms with Crippen LogP contribution in [-0.4, -0.2) is 0 Å². The van der Waals surface area contributed by atoms with Gasteiger partial charge < -0.3 is 5.73 Å². The van der Waals surface area contributed by atoms with Gasteiger partial charge in [0.15, 0.2) is 5.82 Å². The van der Waals surface area contributed by atoms with Gasteiger partial charge >= 0.3 is 0 Å². The normalized spacial score (nSPS) is 9.00. The largest absolute Gasteiger partial charge is 0.398 e. The third-order valence-corrected chi connectivity index (χ3v) is 2.45. The van der Waals surface area contributed by atoms with E-state index in [1.54, 1.807) is 6.07 Å². The van der Waals surface area contributed by atoms with E-state index in [0.717, 1.165) is 0 Å². The van der Waals surface area contributed by atoms with Crippen LogP contribution in [0.15, 0.2) is 12.1 Å². The molecule has 1 rings (SSSR count). The highest BCUT2D eigenvalue weighted by molar-refractivity contribution is 14.1. The fourth-order valence-electron chi connectivity index (χ4n) is 0.541. The Hall–Kier alpha value is 0.260. The Kier molecular flexibility index (Phi) is 4.43. The van der Waals surface area contributed by atoms with E-state index in [4.69, 9.17) is 17.3 Å². The van der Waals surface area contributed by atoms with Crippen LogP contribution in [-0.2, 0) is 0 Å². The van der Waals surface area contributed by atoms with E-state index in [2.05, 4.69) is 0 Å². The van der Waals surface area contributed by atoms with Crippen molar-refractivity contribution in [2.24, 2.45) is 0 Å². The minimum absolute atomic E-state index is 0. The number of halogens is 4. The van der Waals surface area contributed by atoms with Crippen LogP contribution in [0.25, 0.3) is 0 Å². The lowest BCUT2D eigenvalue weighted by Gasteiger charge is -1.99. The maximum absolute atomic E-state index is 12.8. The number of nitrogens with two attached hydrogens (primary N) is 1. The fraction of sp³-hybridized carbons (Fsp3) is 0. The molecule has 0 amide bonds. The van der Waals surface area contributed by atoms with Crippen LogP contribution in [0.2, 0.25) is 5.02 Å². The van der Waals surface area contributed by atoms with Gasteiger partial charge in [-0.05, 0) is 34.7 Å². The van der Waals surface area contributed by atoms with Crippen LogP contribution in [0.5, 0.6) is 0 Å². The van der Waals surface area contributed by atoms with Gasteiger partial charge in [0.05, 0.1) is 8.59 Å². The molecule has 1 aromatic rings. The van der Waals surface area contributed by atoms with Gasteiger partial charge in [0.2, 0.25) is 0 Å². The van der Waals surface area contributed by atoms with Crippen LogP contribution in [0, 0.1) is 9.39 Å². The second-order valence-corrected chi connectivity index (χ2v) is 3.25. The summed E-state index contributed by atoms with van der Waals surface area (Å²) in [6, 6.07) is 3.02. The van der Waals surface area contributed by atoms with E-state index in [1.807, 2.05) is 22.6 Å². The average Bonchev–Trinajstić information content (AvgIpc) is 1.93. The summed E-state index contributed by atoms with van der Waals surface area (Å²) in [4.78, 5) is 0. The predicted molar refractivity (Wildman–Crippen MR) is 55.8 cm³/mol. The summed E-state index contributed by atoms with van der Waals surface area (Å²) >= 11 is 7.26. The van der Waals surface area contributed by atoms with Gasteiger partial charge in [0.25, 0.3) is 0 Å². The molecule has 1 aromatic carbocycles. The molecule has 0 radical (unpaired) electrons. The quantitative estimate of drug-likeness (QED) is 0.445. The monoisotopic (exact) mass is 307 g/mol. The van der Waals surface area contributed by atoms with Crippen molar-refractivity contribution in [3.8, 4) is 0 Å². The van der Waals surface area contributed by atoms with Gasteiger partial charge in [-0.3, -0.25) is 0 Å². The number of hydrogen-bond donors (Lipinski definition) is 1. The second-order valence-electron chi connectivity index (χ2n) is 1.76. The van der Waals surface area contributed by atoms with Gasteiger partial charge in [0, 0.05) is 5.69 Å². The third-order valence-electron chi connectivity index (χ3n) is 1.07. The number of nitrogen functional groups attached to an aromatic ring is 1. The van der Waals surface area contributed by atoms with Crippen molar-refractivity contribution in [1.82, 2.24) is 0 Å². The molecule has 0 spiro atoms. The zero-order valence-electron chi connectivity index (χ0n) is 5.27. The summed E-state index contributed by atoms with van der Waals surface area (Å²) in [7, 11) is 0. The van der Waals surface area contributed by atoms with Crippen molar-refractivity contribution >= 4 is 52.3 Å². The smallest absolute Gasteiger partial charge is 0.157 e. The molecular formula is C6H5Cl2FIN. The van der Waals surface area contributed by atoms with E-state index < -0.39 is 5.82 Å². The first kappa shape index (κ1) is 11.3.